The standard InChI is InChI=1S/C32H25ClN2O3/c33-26-17-14-24(15-18-26)31(30-27-12-6-4-10-23(27)16-19-29(30)36)34-20-25-11-5-7-13-28(25)35-32(37)38-21-22-8-2-1-3-9-22/h1-20,31,36H,21H2,(H,35,37). The number of nitrogens with one attached hydrogen (secondary N) is 1. The molecular weight excluding hydrogens is 496 g/mol. The van der Waals surface area contributed by atoms with Crippen LogP contribution in [-0.4, -0.2) is 17.4 Å². The number of rotatable bonds is 7. The summed E-state index contributed by atoms with van der Waals surface area (Å²) in [5.74, 6) is 0.150. The van der Waals surface area contributed by atoms with Crippen molar-refractivity contribution in [2.75, 3.05) is 5.32 Å². The van der Waals surface area contributed by atoms with E-state index in [0.29, 0.717) is 21.8 Å². The van der Waals surface area contributed by atoms with Crippen molar-refractivity contribution in [2.24, 2.45) is 4.99 Å². The topological polar surface area (TPSA) is 70.9 Å². The average molecular weight is 521 g/mol. The minimum absolute atomic E-state index is 0.150. The van der Waals surface area contributed by atoms with Crippen molar-refractivity contribution < 1.29 is 14.6 Å². The first-order chi connectivity index (χ1) is 18.6. The van der Waals surface area contributed by atoms with Crippen LogP contribution in [-0.2, 0) is 11.3 Å². The van der Waals surface area contributed by atoms with Crippen molar-refractivity contribution in [3.63, 3.8) is 0 Å². The second-order valence-electron chi connectivity index (χ2n) is 8.73. The van der Waals surface area contributed by atoms with Crippen molar-refractivity contribution in [2.45, 2.75) is 12.6 Å². The number of halogens is 1. The molecule has 0 radical (unpaired) electrons. The SMILES string of the molecule is O=C(Nc1ccccc1C=NC(c1ccc(Cl)cc1)c1c(O)ccc2ccccc12)OCc1ccccc1. The lowest BCUT2D eigenvalue weighted by atomic mass is 9.93. The number of aromatic hydroxyl groups is 1. The van der Waals surface area contributed by atoms with Gasteiger partial charge in [0.15, 0.2) is 0 Å². The molecule has 5 aromatic carbocycles. The molecule has 5 rings (SSSR count). The van der Waals surface area contributed by atoms with Gasteiger partial charge in [-0.25, -0.2) is 4.79 Å². The third-order valence-electron chi connectivity index (χ3n) is 6.18. The van der Waals surface area contributed by atoms with E-state index in [9.17, 15) is 9.90 Å². The second kappa shape index (κ2) is 11.6. The number of anilines is 1. The van der Waals surface area contributed by atoms with Crippen LogP contribution in [0.3, 0.4) is 0 Å². The van der Waals surface area contributed by atoms with Gasteiger partial charge in [-0.2, -0.15) is 0 Å². The molecule has 0 saturated carbocycles. The number of hydrogen-bond acceptors (Lipinski definition) is 4. The van der Waals surface area contributed by atoms with Gasteiger partial charge in [0.2, 0.25) is 0 Å². The number of nitrogens with zero attached hydrogens (tertiary/aromatic N) is 1. The van der Waals surface area contributed by atoms with Gasteiger partial charge >= 0.3 is 6.09 Å². The van der Waals surface area contributed by atoms with E-state index in [4.69, 9.17) is 21.3 Å². The highest BCUT2D eigenvalue weighted by Crippen LogP contribution is 2.38. The molecule has 6 heteroatoms. The van der Waals surface area contributed by atoms with Gasteiger partial charge in [-0.3, -0.25) is 10.3 Å². The number of phenolic OH excluding ortho intramolecular Hbond substituents is 1. The summed E-state index contributed by atoms with van der Waals surface area (Å²) < 4.78 is 5.39. The number of amides is 1. The van der Waals surface area contributed by atoms with Gasteiger partial charge in [-0.1, -0.05) is 103 Å². The molecule has 0 fully saturated rings. The number of aliphatic imine (C=N–C) groups is 1. The molecular formula is C32H25ClN2O3. The molecule has 188 valence electrons. The molecule has 5 aromatic rings. The van der Waals surface area contributed by atoms with E-state index in [1.165, 1.54) is 0 Å². The summed E-state index contributed by atoms with van der Waals surface area (Å²) in [5, 5.41) is 16.3. The number of benzene rings is 5. The van der Waals surface area contributed by atoms with Gasteiger partial charge in [0.05, 0.1) is 5.69 Å². The minimum Gasteiger partial charge on any atom is -0.508 e. The first-order valence-corrected chi connectivity index (χ1v) is 12.5. The van der Waals surface area contributed by atoms with E-state index in [1.807, 2.05) is 91.0 Å². The minimum atomic E-state index is -0.560. The van der Waals surface area contributed by atoms with E-state index in [2.05, 4.69) is 5.32 Å². The average Bonchev–Trinajstić information content (AvgIpc) is 2.95. The Kier molecular flexibility index (Phi) is 7.67. The summed E-state index contributed by atoms with van der Waals surface area (Å²) in [4.78, 5) is 17.4. The second-order valence-corrected chi connectivity index (χ2v) is 9.16. The Hall–Kier alpha value is -4.61. The van der Waals surface area contributed by atoms with Crippen molar-refractivity contribution in [3.05, 3.63) is 143 Å². The number of para-hydroxylation sites is 1. The first-order valence-electron chi connectivity index (χ1n) is 12.1. The summed E-state index contributed by atoms with van der Waals surface area (Å²) in [5.41, 5.74) is 3.71. The van der Waals surface area contributed by atoms with E-state index in [1.54, 1.807) is 30.5 Å². The highest BCUT2D eigenvalue weighted by molar-refractivity contribution is 6.30. The summed E-state index contributed by atoms with van der Waals surface area (Å²) in [6.45, 7) is 0.169. The van der Waals surface area contributed by atoms with E-state index < -0.39 is 12.1 Å². The normalized spacial score (nSPS) is 11.9. The number of fused-ring (bicyclic) bond motifs is 1. The Morgan fingerprint density at radius 3 is 2.39 bits per heavy atom. The zero-order valence-electron chi connectivity index (χ0n) is 20.4. The molecule has 0 spiro atoms. The summed E-state index contributed by atoms with van der Waals surface area (Å²) in [6.07, 6.45) is 1.14. The molecule has 2 N–H and O–H groups in total. The summed E-state index contributed by atoms with van der Waals surface area (Å²) >= 11 is 6.16. The highest BCUT2D eigenvalue weighted by atomic mass is 35.5. The van der Waals surface area contributed by atoms with Crippen molar-refractivity contribution >= 4 is 40.4 Å². The molecule has 38 heavy (non-hydrogen) atoms. The molecule has 0 aromatic heterocycles. The zero-order chi connectivity index (χ0) is 26.3. The van der Waals surface area contributed by atoms with E-state index >= 15 is 0 Å². The lowest BCUT2D eigenvalue weighted by Gasteiger charge is -2.18. The molecule has 1 atom stereocenters. The van der Waals surface area contributed by atoms with Crippen molar-refractivity contribution in [3.8, 4) is 5.75 Å². The fourth-order valence-corrected chi connectivity index (χ4v) is 4.42. The van der Waals surface area contributed by atoms with Crippen LogP contribution < -0.4 is 5.32 Å². The number of ether oxygens (including phenoxy) is 1. The Balaban J connectivity index is 1.46. The van der Waals surface area contributed by atoms with Crippen LogP contribution in [0.4, 0.5) is 10.5 Å². The Bertz CT molecular complexity index is 1580. The molecule has 0 aliphatic heterocycles. The Morgan fingerprint density at radius 1 is 0.868 bits per heavy atom. The van der Waals surface area contributed by atoms with E-state index in [0.717, 1.165) is 21.9 Å². The number of phenols is 1. The number of carbonyl (C=O) groups excluding carboxylic acids is 1. The predicted molar refractivity (Wildman–Crippen MR) is 153 cm³/mol. The Labute approximate surface area is 226 Å². The van der Waals surface area contributed by atoms with Crippen LogP contribution in [0.25, 0.3) is 10.8 Å². The van der Waals surface area contributed by atoms with Gasteiger partial charge in [0, 0.05) is 22.4 Å². The maximum Gasteiger partial charge on any atom is 0.411 e. The lowest BCUT2D eigenvalue weighted by Crippen LogP contribution is -2.14. The van der Waals surface area contributed by atoms with Crippen LogP contribution in [0.15, 0.2) is 120 Å². The van der Waals surface area contributed by atoms with E-state index in [-0.39, 0.29) is 12.4 Å². The molecule has 1 unspecified atom stereocenters. The fraction of sp³-hybridized carbons (Fsp3) is 0.0625. The van der Waals surface area contributed by atoms with Gasteiger partial charge in [-0.15, -0.1) is 0 Å². The van der Waals surface area contributed by atoms with Crippen LogP contribution in [0.5, 0.6) is 5.75 Å². The summed E-state index contributed by atoms with van der Waals surface area (Å²) in [6, 6.07) is 35.2. The molecule has 1 amide bonds. The molecule has 0 aliphatic rings. The largest absolute Gasteiger partial charge is 0.508 e. The molecule has 5 nitrogen and oxygen atoms in total. The predicted octanol–water partition coefficient (Wildman–Crippen LogP) is 8.16. The smallest absolute Gasteiger partial charge is 0.411 e. The quantitative estimate of drug-likeness (QED) is 0.213. The van der Waals surface area contributed by atoms with Crippen molar-refractivity contribution in [1.29, 1.82) is 0 Å². The van der Waals surface area contributed by atoms with Crippen molar-refractivity contribution in [1.82, 2.24) is 0 Å². The van der Waals surface area contributed by atoms with Crippen LogP contribution in [0.2, 0.25) is 5.02 Å². The number of carbonyl (C=O) groups is 1. The fourth-order valence-electron chi connectivity index (χ4n) is 4.29. The van der Waals surface area contributed by atoms with Crippen LogP contribution >= 0.6 is 11.6 Å². The molecule has 0 heterocycles. The zero-order valence-corrected chi connectivity index (χ0v) is 21.2. The molecule has 0 saturated heterocycles. The monoisotopic (exact) mass is 520 g/mol. The maximum atomic E-state index is 12.5. The van der Waals surface area contributed by atoms with Gasteiger partial charge in [-0.05, 0) is 46.2 Å². The van der Waals surface area contributed by atoms with Gasteiger partial charge in [0.25, 0.3) is 0 Å². The van der Waals surface area contributed by atoms with Gasteiger partial charge in [0.1, 0.15) is 18.4 Å². The molecule has 0 bridgehead atoms. The first kappa shape index (κ1) is 25.1. The summed E-state index contributed by atoms with van der Waals surface area (Å²) in [7, 11) is 0. The highest BCUT2D eigenvalue weighted by Gasteiger charge is 2.20. The van der Waals surface area contributed by atoms with Gasteiger partial charge < -0.3 is 9.84 Å². The molecule has 0 aliphatic carbocycles. The van der Waals surface area contributed by atoms with Crippen LogP contribution in [0.1, 0.15) is 28.3 Å². The lowest BCUT2D eigenvalue weighted by molar-refractivity contribution is 0.155. The third kappa shape index (κ3) is 5.85. The van der Waals surface area contributed by atoms with Crippen LogP contribution in [0, 0.1) is 0 Å². The maximum absolute atomic E-state index is 12.5. The third-order valence-corrected chi connectivity index (χ3v) is 6.43. The Morgan fingerprint density at radius 2 is 1.58 bits per heavy atom. The number of hydrogen-bond donors (Lipinski definition) is 2.